The molecule has 5 nitrogen and oxygen atoms in total. The van der Waals surface area contributed by atoms with E-state index in [-0.39, 0.29) is 30.2 Å². The summed E-state index contributed by atoms with van der Waals surface area (Å²) >= 11 is 1.32. The summed E-state index contributed by atoms with van der Waals surface area (Å²) < 4.78 is 20.4. The maximum absolute atomic E-state index is 14.4. The highest BCUT2D eigenvalue weighted by molar-refractivity contribution is 7.21. The van der Waals surface area contributed by atoms with Crippen LogP contribution in [0.15, 0.2) is 18.2 Å². The summed E-state index contributed by atoms with van der Waals surface area (Å²) in [7, 11) is 1.55. The molecule has 0 spiro atoms. The van der Waals surface area contributed by atoms with Crippen molar-refractivity contribution in [2.45, 2.75) is 38.7 Å². The number of piperidine rings is 2. The molecule has 2 amide bonds. The van der Waals surface area contributed by atoms with Gasteiger partial charge in [-0.1, -0.05) is 6.07 Å². The standard InChI is InChI=1S/C22H27FN2O3S/c1-28-14-16-19-17(23)6-5-7-18(19)29-20(16)22(27)25-12-8-15(9-13-25)21(26)24-10-3-2-4-11-24/h5-7,15H,2-4,8-14H2,1H3. The van der Waals surface area contributed by atoms with Crippen molar-refractivity contribution >= 4 is 33.2 Å². The van der Waals surface area contributed by atoms with E-state index >= 15 is 0 Å². The van der Waals surface area contributed by atoms with Gasteiger partial charge in [-0.15, -0.1) is 11.3 Å². The molecule has 0 bridgehead atoms. The number of carbonyl (C=O) groups is 2. The number of nitrogens with zero attached hydrogens (tertiary/aromatic N) is 2. The lowest BCUT2D eigenvalue weighted by atomic mass is 9.94. The number of hydrogen-bond acceptors (Lipinski definition) is 4. The zero-order chi connectivity index (χ0) is 20.4. The van der Waals surface area contributed by atoms with Gasteiger partial charge in [0.1, 0.15) is 5.82 Å². The number of amides is 2. The summed E-state index contributed by atoms with van der Waals surface area (Å²) in [5.74, 6) is -0.145. The summed E-state index contributed by atoms with van der Waals surface area (Å²) in [6, 6.07) is 4.92. The van der Waals surface area contributed by atoms with Gasteiger partial charge in [-0.2, -0.15) is 0 Å². The van der Waals surface area contributed by atoms with Crippen molar-refractivity contribution < 1.29 is 18.7 Å². The molecule has 1 aromatic heterocycles. The fraction of sp³-hybridized carbons (Fsp3) is 0.545. The summed E-state index contributed by atoms with van der Waals surface area (Å²) in [5.41, 5.74) is 0.627. The molecular formula is C22H27FN2O3S. The van der Waals surface area contributed by atoms with E-state index < -0.39 is 0 Å². The lowest BCUT2D eigenvalue weighted by molar-refractivity contribution is -0.137. The molecule has 0 aliphatic carbocycles. The second-order valence-electron chi connectivity index (χ2n) is 7.91. The number of ether oxygens (including phenoxy) is 1. The van der Waals surface area contributed by atoms with Crippen LogP contribution in [0.25, 0.3) is 10.1 Å². The molecule has 2 aliphatic heterocycles. The van der Waals surface area contributed by atoms with Gasteiger partial charge in [0.2, 0.25) is 5.91 Å². The Morgan fingerprint density at radius 3 is 2.52 bits per heavy atom. The van der Waals surface area contributed by atoms with Gasteiger partial charge in [0.25, 0.3) is 5.91 Å². The van der Waals surface area contributed by atoms with Crippen molar-refractivity contribution in [1.82, 2.24) is 9.80 Å². The number of likely N-dealkylation sites (tertiary alicyclic amines) is 2. The van der Waals surface area contributed by atoms with E-state index in [1.54, 1.807) is 13.2 Å². The normalized spacial score (nSPS) is 18.4. The van der Waals surface area contributed by atoms with Crippen LogP contribution in [0.4, 0.5) is 4.39 Å². The number of hydrogen-bond donors (Lipinski definition) is 0. The molecule has 4 rings (SSSR count). The Morgan fingerprint density at radius 2 is 1.83 bits per heavy atom. The summed E-state index contributed by atoms with van der Waals surface area (Å²) in [6.45, 7) is 3.06. The van der Waals surface area contributed by atoms with E-state index in [9.17, 15) is 14.0 Å². The summed E-state index contributed by atoms with van der Waals surface area (Å²) in [4.78, 5) is 30.3. The molecule has 3 heterocycles. The molecule has 0 saturated carbocycles. The van der Waals surface area contributed by atoms with Gasteiger partial charge in [0.15, 0.2) is 0 Å². The average molecular weight is 419 g/mol. The molecule has 0 unspecified atom stereocenters. The maximum Gasteiger partial charge on any atom is 0.264 e. The van der Waals surface area contributed by atoms with Crippen molar-refractivity contribution in [2.24, 2.45) is 5.92 Å². The third kappa shape index (κ3) is 4.03. The molecule has 2 saturated heterocycles. The number of carbonyl (C=O) groups excluding carboxylic acids is 2. The zero-order valence-corrected chi connectivity index (χ0v) is 17.6. The largest absolute Gasteiger partial charge is 0.380 e. The third-order valence-corrected chi connectivity index (χ3v) is 7.23. The van der Waals surface area contributed by atoms with Gasteiger partial charge in [-0.05, 0) is 44.2 Å². The molecule has 7 heteroatoms. The van der Waals surface area contributed by atoms with Gasteiger partial charge in [-0.3, -0.25) is 9.59 Å². The fourth-order valence-corrected chi connectivity index (χ4v) is 5.66. The van der Waals surface area contributed by atoms with E-state index in [2.05, 4.69) is 0 Å². The predicted molar refractivity (Wildman–Crippen MR) is 112 cm³/mol. The lowest BCUT2D eigenvalue weighted by Crippen LogP contribution is -2.45. The number of halogens is 1. The van der Waals surface area contributed by atoms with Crippen molar-refractivity contribution in [3.63, 3.8) is 0 Å². The molecule has 2 aliphatic rings. The second kappa shape index (κ2) is 8.79. The number of fused-ring (bicyclic) bond motifs is 1. The Labute approximate surface area is 174 Å². The highest BCUT2D eigenvalue weighted by Crippen LogP contribution is 2.35. The number of rotatable bonds is 4. The van der Waals surface area contributed by atoms with Gasteiger partial charge in [-0.25, -0.2) is 4.39 Å². The zero-order valence-electron chi connectivity index (χ0n) is 16.8. The molecule has 156 valence electrons. The van der Waals surface area contributed by atoms with Crippen LogP contribution in [-0.2, 0) is 16.1 Å². The number of benzene rings is 1. The van der Waals surface area contributed by atoms with Crippen molar-refractivity contribution in [2.75, 3.05) is 33.3 Å². The third-order valence-electron chi connectivity index (χ3n) is 6.05. The quantitative estimate of drug-likeness (QED) is 0.753. The van der Waals surface area contributed by atoms with Crippen LogP contribution >= 0.6 is 11.3 Å². The maximum atomic E-state index is 14.4. The molecule has 0 radical (unpaired) electrons. The van der Waals surface area contributed by atoms with Gasteiger partial charge < -0.3 is 14.5 Å². The van der Waals surface area contributed by atoms with Crippen LogP contribution in [0.3, 0.4) is 0 Å². The summed E-state index contributed by atoms with van der Waals surface area (Å²) in [5, 5.41) is 0.484. The van der Waals surface area contributed by atoms with Crippen LogP contribution in [0.1, 0.15) is 47.3 Å². The average Bonchev–Trinajstić information content (AvgIpc) is 3.13. The Hall–Kier alpha value is -1.99. The SMILES string of the molecule is COCc1c(C(=O)N2CCC(C(=O)N3CCCCC3)CC2)sc2cccc(F)c12. The Balaban J connectivity index is 1.48. The van der Waals surface area contributed by atoms with Crippen LogP contribution in [-0.4, -0.2) is 54.9 Å². The van der Waals surface area contributed by atoms with Crippen LogP contribution in [0, 0.1) is 11.7 Å². The Morgan fingerprint density at radius 1 is 1.10 bits per heavy atom. The molecule has 1 aromatic carbocycles. The Bertz CT molecular complexity index is 899. The van der Waals surface area contributed by atoms with Gasteiger partial charge >= 0.3 is 0 Å². The van der Waals surface area contributed by atoms with Crippen molar-refractivity contribution in [3.05, 3.63) is 34.5 Å². The van der Waals surface area contributed by atoms with E-state index in [1.165, 1.54) is 23.8 Å². The minimum Gasteiger partial charge on any atom is -0.380 e. The minimum atomic E-state index is -0.323. The monoisotopic (exact) mass is 418 g/mol. The Kier molecular flexibility index (Phi) is 6.15. The van der Waals surface area contributed by atoms with Gasteiger partial charge in [0.05, 0.1) is 11.5 Å². The smallest absolute Gasteiger partial charge is 0.264 e. The molecule has 29 heavy (non-hydrogen) atoms. The summed E-state index contributed by atoms with van der Waals surface area (Å²) in [6.07, 6.45) is 4.78. The number of thiophene rings is 1. The molecular weight excluding hydrogens is 391 g/mol. The first kappa shape index (κ1) is 20.3. The highest BCUT2D eigenvalue weighted by atomic mass is 32.1. The van der Waals surface area contributed by atoms with Crippen LogP contribution in [0.2, 0.25) is 0 Å². The van der Waals surface area contributed by atoms with E-state index in [1.807, 2.05) is 15.9 Å². The fourth-order valence-electron chi connectivity index (χ4n) is 4.47. The second-order valence-corrected chi connectivity index (χ2v) is 8.96. The molecule has 2 fully saturated rings. The first-order valence-corrected chi connectivity index (χ1v) is 11.2. The van der Waals surface area contributed by atoms with Crippen molar-refractivity contribution in [3.8, 4) is 0 Å². The highest BCUT2D eigenvalue weighted by Gasteiger charge is 2.32. The molecule has 2 aromatic rings. The molecule has 0 N–H and O–H groups in total. The molecule has 0 atom stereocenters. The minimum absolute atomic E-state index is 0.00967. The lowest BCUT2D eigenvalue weighted by Gasteiger charge is -2.35. The first-order valence-electron chi connectivity index (χ1n) is 10.4. The topological polar surface area (TPSA) is 49.9 Å². The van der Waals surface area contributed by atoms with E-state index in [0.717, 1.165) is 30.6 Å². The van der Waals surface area contributed by atoms with E-state index in [4.69, 9.17) is 4.74 Å². The van der Waals surface area contributed by atoms with Crippen molar-refractivity contribution in [1.29, 1.82) is 0 Å². The first-order chi connectivity index (χ1) is 14.1. The number of methoxy groups -OCH3 is 1. The van der Waals surface area contributed by atoms with Gasteiger partial charge in [0, 0.05) is 54.9 Å². The predicted octanol–water partition coefficient (Wildman–Crippen LogP) is 4.05. The van der Waals surface area contributed by atoms with Crippen LogP contribution in [0.5, 0.6) is 0 Å². The van der Waals surface area contributed by atoms with Crippen LogP contribution < -0.4 is 0 Å². The van der Waals surface area contributed by atoms with E-state index in [0.29, 0.717) is 41.8 Å².